The zero-order valence-corrected chi connectivity index (χ0v) is 21.0. The largest absolute Gasteiger partial charge is 0.493 e. The van der Waals surface area contributed by atoms with Gasteiger partial charge in [-0.3, -0.25) is 4.79 Å². The molecule has 2 aromatic rings. The molecule has 2 aromatic carbocycles. The smallest absolute Gasteiger partial charge is 0.354 e. The fourth-order valence-electron chi connectivity index (χ4n) is 3.02. The number of esters is 1. The first-order valence-corrected chi connectivity index (χ1v) is 11.1. The highest BCUT2D eigenvalue weighted by Gasteiger charge is 2.17. The van der Waals surface area contributed by atoms with E-state index in [1.54, 1.807) is 18.2 Å². The molecule has 0 radical (unpaired) electrons. The lowest BCUT2D eigenvalue weighted by molar-refractivity contribution is -0.129. The zero-order valence-electron chi connectivity index (χ0n) is 21.0. The molecule has 0 aliphatic rings. The molecule has 0 unspecified atom stereocenters. The van der Waals surface area contributed by atoms with Gasteiger partial charge in [0.2, 0.25) is 0 Å². The van der Waals surface area contributed by atoms with Crippen LogP contribution in [-0.4, -0.2) is 38.7 Å². The van der Waals surface area contributed by atoms with E-state index in [4.69, 9.17) is 18.9 Å². The first-order chi connectivity index (χ1) is 17.8. The lowest BCUT2D eigenvalue weighted by Gasteiger charge is -2.14. The Balaban J connectivity index is 2.29. The van der Waals surface area contributed by atoms with Crippen LogP contribution < -0.4 is 24.3 Å². The molecule has 0 atom stereocenters. The number of amides is 1. The monoisotopic (exact) mass is 501 g/mol. The summed E-state index contributed by atoms with van der Waals surface area (Å²) in [6.45, 7) is 7.50. The number of nitrogens with one attached hydrogen (secondary N) is 1. The Hall–Kier alpha value is -5.02. The third kappa shape index (κ3) is 8.01. The number of carbonyl (C=O) groups is 2. The van der Waals surface area contributed by atoms with Crippen molar-refractivity contribution < 1.29 is 28.5 Å². The Bertz CT molecular complexity index is 1310. The second kappa shape index (κ2) is 13.8. The summed E-state index contributed by atoms with van der Waals surface area (Å²) >= 11 is 0. The fraction of sp³-hybridized carbons (Fsp3) is 0.214. The molecule has 2 rings (SSSR count). The summed E-state index contributed by atoms with van der Waals surface area (Å²) in [5.41, 5.74) is 0.626. The normalized spacial score (nSPS) is 11.1. The molecule has 0 spiro atoms. The van der Waals surface area contributed by atoms with E-state index in [-0.39, 0.29) is 35.3 Å². The number of methoxy groups -OCH3 is 2. The number of benzene rings is 2. The summed E-state index contributed by atoms with van der Waals surface area (Å²) in [7, 11) is 2.87. The first-order valence-electron chi connectivity index (χ1n) is 11.1. The molecule has 0 bridgehead atoms. The predicted molar refractivity (Wildman–Crippen MR) is 138 cm³/mol. The maximum atomic E-state index is 12.7. The average molecular weight is 502 g/mol. The third-order valence-corrected chi connectivity index (χ3v) is 4.68. The van der Waals surface area contributed by atoms with E-state index >= 15 is 0 Å². The Labute approximate surface area is 215 Å². The number of rotatable bonds is 11. The van der Waals surface area contributed by atoms with Crippen LogP contribution in [0.2, 0.25) is 0 Å². The van der Waals surface area contributed by atoms with E-state index in [2.05, 4.69) is 11.9 Å². The molecule has 1 amide bonds. The molecule has 0 saturated heterocycles. The lowest BCUT2D eigenvalue weighted by Crippen LogP contribution is -2.24. The van der Waals surface area contributed by atoms with E-state index < -0.39 is 11.9 Å². The Morgan fingerprint density at radius 3 is 1.97 bits per heavy atom. The molecule has 1 N–H and O–H groups in total. The van der Waals surface area contributed by atoms with Crippen LogP contribution >= 0.6 is 0 Å². The van der Waals surface area contributed by atoms with Crippen molar-refractivity contribution in [1.82, 2.24) is 5.32 Å². The standard InChI is InChI=1S/C28H27N3O6/c1-6-11-31-27(32)21(16-29)12-19-8-10-24(26(14-19)35-5)37-28(33)22(17-30)13-20-7-9-23(36-18(2)3)25(15-20)34-4/h6-10,12-15,18H,1,11H2,2-5H3,(H,31,32). The molecule has 0 saturated carbocycles. The fourth-order valence-corrected chi connectivity index (χ4v) is 3.02. The van der Waals surface area contributed by atoms with Gasteiger partial charge in [-0.1, -0.05) is 18.2 Å². The van der Waals surface area contributed by atoms with Crippen molar-refractivity contribution in [3.8, 4) is 35.1 Å². The molecule has 0 aromatic heterocycles. The van der Waals surface area contributed by atoms with Gasteiger partial charge < -0.3 is 24.3 Å². The van der Waals surface area contributed by atoms with Crippen molar-refractivity contribution in [2.24, 2.45) is 0 Å². The average Bonchev–Trinajstić information content (AvgIpc) is 2.89. The second-order valence-corrected chi connectivity index (χ2v) is 7.72. The molecule has 190 valence electrons. The van der Waals surface area contributed by atoms with Crippen LogP contribution in [0.5, 0.6) is 23.0 Å². The highest BCUT2D eigenvalue weighted by atomic mass is 16.6. The third-order valence-electron chi connectivity index (χ3n) is 4.68. The summed E-state index contributed by atoms with van der Waals surface area (Å²) in [6, 6.07) is 13.2. The van der Waals surface area contributed by atoms with E-state index in [0.717, 1.165) is 0 Å². The number of nitrogens with zero attached hydrogens (tertiary/aromatic N) is 2. The van der Waals surface area contributed by atoms with Crippen LogP contribution in [0, 0.1) is 22.7 Å². The van der Waals surface area contributed by atoms with Crippen molar-refractivity contribution in [2.45, 2.75) is 20.0 Å². The number of carbonyl (C=O) groups excluding carboxylic acids is 2. The lowest BCUT2D eigenvalue weighted by atomic mass is 10.1. The van der Waals surface area contributed by atoms with Crippen molar-refractivity contribution in [1.29, 1.82) is 10.5 Å². The van der Waals surface area contributed by atoms with Crippen LogP contribution in [0.3, 0.4) is 0 Å². The van der Waals surface area contributed by atoms with Gasteiger partial charge in [0.05, 0.1) is 20.3 Å². The Morgan fingerprint density at radius 1 is 0.919 bits per heavy atom. The topological polar surface area (TPSA) is 131 Å². The van der Waals surface area contributed by atoms with E-state index in [1.165, 1.54) is 50.6 Å². The maximum Gasteiger partial charge on any atom is 0.354 e. The summed E-state index contributed by atoms with van der Waals surface area (Å²) in [5.74, 6) is -0.243. The van der Waals surface area contributed by atoms with Gasteiger partial charge in [-0.2, -0.15) is 10.5 Å². The zero-order chi connectivity index (χ0) is 27.4. The molecule has 9 nitrogen and oxygen atoms in total. The molecule has 9 heteroatoms. The van der Waals surface area contributed by atoms with E-state index in [9.17, 15) is 20.1 Å². The molecule has 37 heavy (non-hydrogen) atoms. The van der Waals surface area contributed by atoms with Gasteiger partial charge in [0.1, 0.15) is 23.3 Å². The summed E-state index contributed by atoms with van der Waals surface area (Å²) in [4.78, 5) is 24.8. The summed E-state index contributed by atoms with van der Waals surface area (Å²) in [5, 5.41) is 21.4. The van der Waals surface area contributed by atoms with E-state index in [0.29, 0.717) is 22.6 Å². The van der Waals surface area contributed by atoms with Gasteiger partial charge in [0, 0.05) is 6.54 Å². The van der Waals surface area contributed by atoms with Crippen LogP contribution in [0.15, 0.2) is 60.2 Å². The first kappa shape index (κ1) is 28.2. The molecule has 0 aliphatic heterocycles. The maximum absolute atomic E-state index is 12.7. The van der Waals surface area contributed by atoms with Crippen LogP contribution in [0.4, 0.5) is 0 Å². The second-order valence-electron chi connectivity index (χ2n) is 7.72. The highest BCUT2D eigenvalue weighted by Crippen LogP contribution is 2.31. The summed E-state index contributed by atoms with van der Waals surface area (Å²) in [6.07, 6.45) is 4.18. The van der Waals surface area contributed by atoms with Gasteiger partial charge in [-0.15, -0.1) is 6.58 Å². The number of nitriles is 2. The minimum Gasteiger partial charge on any atom is -0.493 e. The molecule has 0 heterocycles. The predicted octanol–water partition coefficient (Wildman–Crippen LogP) is 4.21. The molecule has 0 aliphatic carbocycles. The van der Waals surface area contributed by atoms with Crippen molar-refractivity contribution in [3.63, 3.8) is 0 Å². The number of hydrogen-bond donors (Lipinski definition) is 1. The minimum absolute atomic E-state index is 0.0543. The van der Waals surface area contributed by atoms with Gasteiger partial charge in [-0.25, -0.2) is 4.79 Å². The van der Waals surface area contributed by atoms with Gasteiger partial charge in [0.15, 0.2) is 23.0 Å². The van der Waals surface area contributed by atoms with Gasteiger partial charge in [0.25, 0.3) is 5.91 Å². The summed E-state index contributed by atoms with van der Waals surface area (Å²) < 4.78 is 21.7. The van der Waals surface area contributed by atoms with Crippen molar-refractivity contribution in [3.05, 3.63) is 71.3 Å². The van der Waals surface area contributed by atoms with Crippen LogP contribution in [-0.2, 0) is 9.59 Å². The molecule has 0 fully saturated rings. The number of hydrogen-bond acceptors (Lipinski definition) is 8. The number of ether oxygens (including phenoxy) is 4. The Kier molecular flexibility index (Phi) is 10.5. The van der Waals surface area contributed by atoms with Crippen LogP contribution in [0.25, 0.3) is 12.2 Å². The quantitative estimate of drug-likeness (QED) is 0.159. The van der Waals surface area contributed by atoms with Gasteiger partial charge in [-0.05, 0) is 61.4 Å². The minimum atomic E-state index is -0.896. The molecular weight excluding hydrogens is 474 g/mol. The van der Waals surface area contributed by atoms with Crippen molar-refractivity contribution in [2.75, 3.05) is 20.8 Å². The molecular formula is C28H27N3O6. The Morgan fingerprint density at radius 2 is 1.46 bits per heavy atom. The van der Waals surface area contributed by atoms with Crippen molar-refractivity contribution >= 4 is 24.0 Å². The van der Waals surface area contributed by atoms with Gasteiger partial charge >= 0.3 is 5.97 Å². The van der Waals surface area contributed by atoms with Crippen LogP contribution in [0.1, 0.15) is 25.0 Å². The SMILES string of the molecule is C=CCNC(=O)C(C#N)=Cc1ccc(OC(=O)C(C#N)=Cc2ccc(OC(C)C)c(OC)c2)c(OC)c1. The van der Waals surface area contributed by atoms with E-state index in [1.807, 2.05) is 26.0 Å². The highest BCUT2D eigenvalue weighted by molar-refractivity contribution is 6.02.